The molecule has 1 aromatic heterocycles. The van der Waals surface area contributed by atoms with Crippen molar-refractivity contribution in [2.45, 2.75) is 31.4 Å². The van der Waals surface area contributed by atoms with E-state index in [2.05, 4.69) is 58.5 Å². The predicted octanol–water partition coefficient (Wildman–Crippen LogP) is 3.44. The fraction of sp³-hybridized carbons (Fsp3) is 0.370. The van der Waals surface area contributed by atoms with E-state index in [0.717, 1.165) is 35.8 Å². The van der Waals surface area contributed by atoms with Gasteiger partial charge in [0.2, 0.25) is 5.95 Å². The number of primary amides is 1. The number of hydrogen-bond acceptors (Lipinski definition) is 7. The van der Waals surface area contributed by atoms with Crippen LogP contribution in [0.5, 0.6) is 5.75 Å². The van der Waals surface area contributed by atoms with Gasteiger partial charge in [-0.2, -0.15) is 0 Å². The predicted molar refractivity (Wildman–Crippen MR) is 144 cm³/mol. The summed E-state index contributed by atoms with van der Waals surface area (Å²) in [5, 5.41) is 3.44. The topological polar surface area (TPSA) is 101 Å². The second-order valence-electron chi connectivity index (χ2n) is 9.98. The van der Waals surface area contributed by atoms with Gasteiger partial charge in [-0.05, 0) is 69.4 Å². The summed E-state index contributed by atoms with van der Waals surface area (Å²) in [5.74, 6) is 0.874. The molecule has 0 spiro atoms. The molecule has 2 aliphatic heterocycles. The van der Waals surface area contributed by atoms with Crippen molar-refractivity contribution in [3.8, 4) is 5.75 Å². The summed E-state index contributed by atoms with van der Waals surface area (Å²) in [6, 6.07) is 14.8. The fourth-order valence-electron chi connectivity index (χ4n) is 4.91. The van der Waals surface area contributed by atoms with Crippen molar-refractivity contribution in [1.29, 1.82) is 0 Å². The Bertz CT molecular complexity index is 1340. The van der Waals surface area contributed by atoms with E-state index in [1.165, 1.54) is 12.1 Å². The third kappa shape index (κ3) is 4.79. The van der Waals surface area contributed by atoms with Gasteiger partial charge in [-0.1, -0.05) is 0 Å². The number of likely N-dealkylation sites (N-methyl/N-ethyl adjacent to an activating group) is 2. The highest BCUT2D eigenvalue weighted by Crippen LogP contribution is 2.30. The Balaban J connectivity index is 1.30. The number of likely N-dealkylation sites (tertiary alicyclic amines) is 1. The maximum atomic E-state index is 11.6. The second kappa shape index (κ2) is 9.31. The SMILES string of the molecule is CN1CCC(N(C)c2ccc(Nc3nc4cc(OC5(C)C=CN=C(C(N)=O)C5)ccc4n3C)cc2)C1. The number of benzene rings is 2. The number of aliphatic imine (C=N–C) groups is 1. The number of nitrogens with two attached hydrogens (primary N) is 1. The van der Waals surface area contributed by atoms with Gasteiger partial charge in [-0.15, -0.1) is 0 Å². The van der Waals surface area contributed by atoms with Gasteiger partial charge in [-0.3, -0.25) is 9.79 Å². The summed E-state index contributed by atoms with van der Waals surface area (Å²) in [4.78, 5) is 25.2. The van der Waals surface area contributed by atoms with Crippen LogP contribution in [-0.4, -0.2) is 64.9 Å². The maximum Gasteiger partial charge on any atom is 0.263 e. The number of hydrogen-bond donors (Lipinski definition) is 2. The number of nitrogens with zero attached hydrogens (tertiary/aromatic N) is 5. The number of anilines is 3. The van der Waals surface area contributed by atoms with Gasteiger partial charge in [0.15, 0.2) is 0 Å². The minimum Gasteiger partial charge on any atom is -0.483 e. The monoisotopic (exact) mass is 487 g/mol. The van der Waals surface area contributed by atoms with Crippen LogP contribution in [0.15, 0.2) is 59.7 Å². The number of carbonyl (C=O) groups is 1. The Morgan fingerprint density at radius 3 is 2.69 bits per heavy atom. The summed E-state index contributed by atoms with van der Waals surface area (Å²) in [5.41, 5.74) is 8.99. The van der Waals surface area contributed by atoms with Crippen molar-refractivity contribution >= 4 is 40.0 Å². The van der Waals surface area contributed by atoms with Crippen molar-refractivity contribution in [2.24, 2.45) is 17.8 Å². The molecule has 2 atom stereocenters. The minimum atomic E-state index is -0.710. The van der Waals surface area contributed by atoms with Crippen molar-refractivity contribution in [3.05, 3.63) is 54.7 Å². The molecule has 188 valence electrons. The second-order valence-corrected chi connectivity index (χ2v) is 9.98. The van der Waals surface area contributed by atoms with E-state index in [9.17, 15) is 4.79 Å². The molecule has 2 aliphatic rings. The zero-order valence-corrected chi connectivity index (χ0v) is 21.2. The van der Waals surface area contributed by atoms with Crippen LogP contribution in [0.25, 0.3) is 11.0 Å². The van der Waals surface area contributed by atoms with Crippen molar-refractivity contribution < 1.29 is 9.53 Å². The average molecular weight is 488 g/mol. The molecule has 5 rings (SSSR count). The van der Waals surface area contributed by atoms with Crippen LogP contribution < -0.4 is 20.7 Å². The first-order valence-corrected chi connectivity index (χ1v) is 12.2. The Morgan fingerprint density at radius 2 is 2.00 bits per heavy atom. The van der Waals surface area contributed by atoms with Crippen molar-refractivity contribution in [1.82, 2.24) is 14.5 Å². The lowest BCUT2D eigenvalue weighted by molar-refractivity contribution is -0.112. The van der Waals surface area contributed by atoms with Crippen LogP contribution in [0.1, 0.15) is 19.8 Å². The molecule has 0 aliphatic carbocycles. The molecule has 36 heavy (non-hydrogen) atoms. The first-order chi connectivity index (χ1) is 17.2. The zero-order valence-electron chi connectivity index (χ0n) is 21.2. The molecule has 3 heterocycles. The first-order valence-electron chi connectivity index (χ1n) is 12.2. The Morgan fingerprint density at radius 1 is 1.22 bits per heavy atom. The van der Waals surface area contributed by atoms with E-state index in [0.29, 0.717) is 23.9 Å². The molecule has 2 aromatic carbocycles. The molecule has 2 unspecified atom stereocenters. The molecule has 1 amide bonds. The Kier molecular flexibility index (Phi) is 6.17. The summed E-state index contributed by atoms with van der Waals surface area (Å²) < 4.78 is 8.25. The van der Waals surface area contributed by atoms with E-state index < -0.39 is 11.5 Å². The number of imidazole rings is 1. The Hall–Kier alpha value is -3.85. The zero-order chi connectivity index (χ0) is 25.4. The Labute approximate surface area is 211 Å². The van der Waals surface area contributed by atoms with E-state index in [-0.39, 0.29) is 0 Å². The van der Waals surface area contributed by atoms with Gasteiger partial charge < -0.3 is 30.2 Å². The first kappa shape index (κ1) is 23.9. The van der Waals surface area contributed by atoms with Crippen molar-refractivity contribution in [2.75, 3.05) is 37.4 Å². The number of nitrogens with one attached hydrogen (secondary N) is 1. The standard InChI is InChI=1S/C27H33N7O2/c1-27(12-13-29-23(16-27)25(28)35)36-21-9-10-24-22(15-21)31-26(34(24)4)30-18-5-7-19(8-6-18)33(3)20-11-14-32(2)17-20/h5-10,12-13,15,20H,11,14,16-17H2,1-4H3,(H2,28,35)(H,30,31). The molecule has 1 saturated heterocycles. The van der Waals surface area contributed by atoms with E-state index >= 15 is 0 Å². The number of aryl methyl sites for hydroxylation is 1. The number of ether oxygens (including phenoxy) is 1. The van der Waals surface area contributed by atoms with Gasteiger partial charge in [0, 0.05) is 56.7 Å². The molecule has 3 aromatic rings. The molecular weight excluding hydrogens is 454 g/mol. The molecule has 3 N–H and O–H groups in total. The normalized spacial score (nSPS) is 22.0. The highest BCUT2D eigenvalue weighted by Gasteiger charge is 2.30. The molecule has 9 nitrogen and oxygen atoms in total. The van der Waals surface area contributed by atoms with Crippen LogP contribution in [0.3, 0.4) is 0 Å². The fourth-order valence-corrected chi connectivity index (χ4v) is 4.91. The highest BCUT2D eigenvalue weighted by atomic mass is 16.5. The number of amides is 1. The number of rotatable bonds is 7. The summed E-state index contributed by atoms with van der Waals surface area (Å²) in [7, 11) is 6.33. The van der Waals surface area contributed by atoms with Crippen LogP contribution in [0.4, 0.5) is 17.3 Å². The third-order valence-corrected chi connectivity index (χ3v) is 7.11. The lowest BCUT2D eigenvalue weighted by Crippen LogP contribution is -2.39. The van der Waals surface area contributed by atoms with Gasteiger partial charge in [0.25, 0.3) is 5.91 Å². The van der Waals surface area contributed by atoms with Crippen LogP contribution >= 0.6 is 0 Å². The number of aromatic nitrogens is 2. The van der Waals surface area contributed by atoms with Crippen molar-refractivity contribution in [3.63, 3.8) is 0 Å². The van der Waals surface area contributed by atoms with Gasteiger partial charge in [-0.25, -0.2) is 4.98 Å². The van der Waals surface area contributed by atoms with Crippen LogP contribution in [-0.2, 0) is 11.8 Å². The average Bonchev–Trinajstić information content (AvgIpc) is 3.41. The quantitative estimate of drug-likeness (QED) is 0.530. The number of fused-ring (bicyclic) bond motifs is 1. The molecule has 0 radical (unpaired) electrons. The largest absolute Gasteiger partial charge is 0.483 e. The lowest BCUT2D eigenvalue weighted by atomic mass is 9.96. The molecule has 1 fully saturated rings. The third-order valence-electron chi connectivity index (χ3n) is 7.11. The van der Waals surface area contributed by atoms with E-state index in [4.69, 9.17) is 15.5 Å². The smallest absolute Gasteiger partial charge is 0.263 e. The summed E-state index contributed by atoms with van der Waals surface area (Å²) >= 11 is 0. The maximum absolute atomic E-state index is 11.6. The minimum absolute atomic E-state index is 0.304. The molecule has 0 saturated carbocycles. The molecular formula is C27H33N7O2. The molecule has 9 heteroatoms. The van der Waals surface area contributed by atoms with Crippen LogP contribution in [0, 0.1) is 0 Å². The van der Waals surface area contributed by atoms with E-state index in [1.54, 1.807) is 6.20 Å². The summed E-state index contributed by atoms with van der Waals surface area (Å²) in [6.07, 6.45) is 4.91. The van der Waals surface area contributed by atoms with Gasteiger partial charge >= 0.3 is 0 Å². The summed E-state index contributed by atoms with van der Waals surface area (Å²) in [6.45, 7) is 4.15. The lowest BCUT2D eigenvalue weighted by Gasteiger charge is -2.29. The van der Waals surface area contributed by atoms with Crippen LogP contribution in [0.2, 0.25) is 0 Å². The van der Waals surface area contributed by atoms with Gasteiger partial charge in [0.1, 0.15) is 17.1 Å². The molecule has 0 bridgehead atoms. The highest BCUT2D eigenvalue weighted by molar-refractivity contribution is 6.38. The number of carbonyl (C=O) groups excluding carboxylic acids is 1. The van der Waals surface area contributed by atoms with E-state index in [1.807, 2.05) is 42.8 Å². The van der Waals surface area contributed by atoms with Gasteiger partial charge in [0.05, 0.1) is 11.0 Å².